The summed E-state index contributed by atoms with van der Waals surface area (Å²) < 4.78 is 5.79. The molecule has 0 saturated carbocycles. The number of ether oxygens (including phenoxy) is 1. The van der Waals surface area contributed by atoms with Gasteiger partial charge in [-0.15, -0.1) is 0 Å². The monoisotopic (exact) mass is 258 g/mol. The van der Waals surface area contributed by atoms with Crippen molar-refractivity contribution in [2.75, 3.05) is 12.4 Å². The molecule has 16 heavy (non-hydrogen) atoms. The topological polar surface area (TPSA) is 9.23 Å². The summed E-state index contributed by atoms with van der Waals surface area (Å²) in [6, 6.07) is 5.73. The van der Waals surface area contributed by atoms with E-state index >= 15 is 0 Å². The van der Waals surface area contributed by atoms with Crippen LogP contribution in [-0.2, 0) is 0 Å². The van der Waals surface area contributed by atoms with E-state index in [1.807, 2.05) is 25.1 Å². The Bertz CT molecular complexity index is 328. The molecule has 0 aliphatic carbocycles. The number of hydrogen-bond donors (Lipinski definition) is 1. The lowest BCUT2D eigenvalue weighted by molar-refractivity contribution is 0.253. The largest absolute Gasteiger partial charge is 0.493 e. The summed E-state index contributed by atoms with van der Waals surface area (Å²) in [6.07, 6.45) is 2.33. The Labute approximate surface area is 109 Å². The summed E-state index contributed by atoms with van der Waals surface area (Å²) in [5.41, 5.74) is 1.12. The number of aryl methyl sites for hydroxylation is 1. The maximum Gasteiger partial charge on any atom is 0.123 e. The molecule has 1 rings (SSSR count). The second kappa shape index (κ2) is 7.08. The van der Waals surface area contributed by atoms with E-state index in [1.54, 1.807) is 0 Å². The summed E-state index contributed by atoms with van der Waals surface area (Å²) in [7, 11) is 0. The van der Waals surface area contributed by atoms with Crippen LogP contribution in [0.15, 0.2) is 18.2 Å². The summed E-state index contributed by atoms with van der Waals surface area (Å²) in [4.78, 5) is 0. The first-order valence-electron chi connectivity index (χ1n) is 5.67. The van der Waals surface area contributed by atoms with Gasteiger partial charge in [0.15, 0.2) is 0 Å². The number of benzene rings is 1. The van der Waals surface area contributed by atoms with Crippen LogP contribution in [0.4, 0.5) is 0 Å². The second-order valence-electron chi connectivity index (χ2n) is 4.06. The molecule has 0 saturated heterocycles. The number of hydrogen-bond acceptors (Lipinski definition) is 2. The van der Waals surface area contributed by atoms with Gasteiger partial charge in [-0.2, -0.15) is 12.6 Å². The molecule has 0 radical (unpaired) electrons. The molecular formula is C13H19ClOS. The van der Waals surface area contributed by atoms with Crippen LogP contribution < -0.4 is 4.74 Å². The fraction of sp³-hybridized carbons (Fsp3) is 0.538. The normalized spacial score (nSPS) is 12.5. The Morgan fingerprint density at radius 2 is 2.19 bits per heavy atom. The van der Waals surface area contributed by atoms with Crippen LogP contribution in [0.2, 0.25) is 5.02 Å². The smallest absolute Gasteiger partial charge is 0.123 e. The molecule has 1 aromatic rings. The molecule has 1 unspecified atom stereocenters. The zero-order chi connectivity index (χ0) is 12.0. The molecule has 0 fully saturated rings. The summed E-state index contributed by atoms with van der Waals surface area (Å²) in [6.45, 7) is 4.93. The summed E-state index contributed by atoms with van der Waals surface area (Å²) in [5, 5.41) is 0.721. The minimum atomic E-state index is 0.520. The molecule has 0 aliphatic heterocycles. The lowest BCUT2D eigenvalue weighted by Crippen LogP contribution is -2.13. The second-order valence-corrected chi connectivity index (χ2v) is 4.86. The standard InChI is InChI=1S/C13H19ClOS/c1-3-4-11(9-16)8-15-13-7-12(14)6-5-10(13)2/h5-7,11,16H,3-4,8-9H2,1-2H3. The third kappa shape index (κ3) is 4.26. The highest BCUT2D eigenvalue weighted by molar-refractivity contribution is 7.80. The van der Waals surface area contributed by atoms with E-state index in [1.165, 1.54) is 6.42 Å². The Hall–Kier alpha value is -0.340. The SMILES string of the molecule is CCCC(CS)COc1cc(Cl)ccc1C. The highest BCUT2D eigenvalue weighted by atomic mass is 35.5. The Kier molecular flexibility index (Phi) is 6.07. The van der Waals surface area contributed by atoms with E-state index in [4.69, 9.17) is 16.3 Å². The first kappa shape index (κ1) is 13.7. The fourth-order valence-corrected chi connectivity index (χ4v) is 2.02. The molecule has 0 bridgehead atoms. The number of halogens is 1. The van der Waals surface area contributed by atoms with Crippen molar-refractivity contribution < 1.29 is 4.74 Å². The molecule has 0 heterocycles. The molecule has 0 aliphatic rings. The van der Waals surface area contributed by atoms with E-state index in [9.17, 15) is 0 Å². The molecule has 1 nitrogen and oxygen atoms in total. The first-order valence-corrected chi connectivity index (χ1v) is 6.68. The van der Waals surface area contributed by atoms with Crippen molar-refractivity contribution in [1.29, 1.82) is 0 Å². The Morgan fingerprint density at radius 1 is 1.44 bits per heavy atom. The van der Waals surface area contributed by atoms with Crippen molar-refractivity contribution in [2.45, 2.75) is 26.7 Å². The molecule has 0 spiro atoms. The van der Waals surface area contributed by atoms with Gasteiger partial charge in [0.2, 0.25) is 0 Å². The minimum Gasteiger partial charge on any atom is -0.493 e. The predicted octanol–water partition coefficient (Wildman–Crippen LogP) is 4.37. The molecule has 0 aromatic heterocycles. The lowest BCUT2D eigenvalue weighted by atomic mass is 10.1. The van der Waals surface area contributed by atoms with Gasteiger partial charge in [-0.1, -0.05) is 31.0 Å². The van der Waals surface area contributed by atoms with Gasteiger partial charge < -0.3 is 4.74 Å². The van der Waals surface area contributed by atoms with Gasteiger partial charge in [0, 0.05) is 10.9 Å². The van der Waals surface area contributed by atoms with Crippen molar-refractivity contribution in [3.8, 4) is 5.75 Å². The van der Waals surface area contributed by atoms with Crippen molar-refractivity contribution in [1.82, 2.24) is 0 Å². The number of rotatable bonds is 6. The van der Waals surface area contributed by atoms with E-state index in [0.717, 1.165) is 35.1 Å². The Morgan fingerprint density at radius 3 is 2.81 bits per heavy atom. The van der Waals surface area contributed by atoms with E-state index < -0.39 is 0 Å². The van der Waals surface area contributed by atoms with Crippen LogP contribution in [-0.4, -0.2) is 12.4 Å². The minimum absolute atomic E-state index is 0.520. The van der Waals surface area contributed by atoms with Crippen molar-refractivity contribution in [3.05, 3.63) is 28.8 Å². The van der Waals surface area contributed by atoms with Crippen molar-refractivity contribution in [3.63, 3.8) is 0 Å². The van der Waals surface area contributed by atoms with Gasteiger partial charge in [-0.05, 0) is 36.8 Å². The van der Waals surface area contributed by atoms with Gasteiger partial charge in [-0.3, -0.25) is 0 Å². The van der Waals surface area contributed by atoms with Gasteiger partial charge in [-0.25, -0.2) is 0 Å². The molecule has 1 atom stereocenters. The third-order valence-corrected chi connectivity index (χ3v) is 3.33. The maximum absolute atomic E-state index is 5.93. The van der Waals surface area contributed by atoms with Crippen molar-refractivity contribution >= 4 is 24.2 Å². The molecule has 0 amide bonds. The maximum atomic E-state index is 5.93. The van der Waals surface area contributed by atoms with E-state index in [-0.39, 0.29) is 0 Å². The highest BCUT2D eigenvalue weighted by Gasteiger charge is 2.08. The zero-order valence-electron chi connectivity index (χ0n) is 9.87. The van der Waals surface area contributed by atoms with Crippen LogP contribution >= 0.6 is 24.2 Å². The zero-order valence-corrected chi connectivity index (χ0v) is 11.5. The van der Waals surface area contributed by atoms with Crippen molar-refractivity contribution in [2.24, 2.45) is 5.92 Å². The summed E-state index contributed by atoms with van der Waals surface area (Å²) >= 11 is 10.3. The van der Waals surface area contributed by atoms with Gasteiger partial charge in [0.1, 0.15) is 5.75 Å². The molecule has 0 N–H and O–H groups in total. The van der Waals surface area contributed by atoms with Crippen LogP contribution in [0.5, 0.6) is 5.75 Å². The van der Waals surface area contributed by atoms with E-state index in [0.29, 0.717) is 5.92 Å². The van der Waals surface area contributed by atoms with Gasteiger partial charge in [0.05, 0.1) is 6.61 Å². The van der Waals surface area contributed by atoms with E-state index in [2.05, 4.69) is 19.6 Å². The third-order valence-electron chi connectivity index (χ3n) is 2.58. The van der Waals surface area contributed by atoms with Crippen LogP contribution in [0.25, 0.3) is 0 Å². The fourth-order valence-electron chi connectivity index (χ4n) is 1.57. The highest BCUT2D eigenvalue weighted by Crippen LogP contribution is 2.23. The van der Waals surface area contributed by atoms with Crippen LogP contribution in [0, 0.1) is 12.8 Å². The molecule has 90 valence electrons. The average molecular weight is 259 g/mol. The number of thiol groups is 1. The Balaban J connectivity index is 2.55. The lowest BCUT2D eigenvalue weighted by Gasteiger charge is -2.16. The van der Waals surface area contributed by atoms with Crippen LogP contribution in [0.1, 0.15) is 25.3 Å². The average Bonchev–Trinajstić information content (AvgIpc) is 2.28. The molecular weight excluding hydrogens is 240 g/mol. The predicted molar refractivity (Wildman–Crippen MR) is 73.9 cm³/mol. The molecule has 3 heteroatoms. The van der Waals surface area contributed by atoms with Gasteiger partial charge in [0.25, 0.3) is 0 Å². The summed E-state index contributed by atoms with van der Waals surface area (Å²) in [5.74, 6) is 2.27. The quantitative estimate of drug-likeness (QED) is 0.746. The first-order chi connectivity index (χ1) is 7.67. The van der Waals surface area contributed by atoms with Gasteiger partial charge >= 0.3 is 0 Å². The van der Waals surface area contributed by atoms with Crippen LogP contribution in [0.3, 0.4) is 0 Å². The molecule has 1 aromatic carbocycles.